The number of rotatable bonds is 3. The van der Waals surface area contributed by atoms with Crippen molar-refractivity contribution in [1.82, 2.24) is 4.98 Å². The first-order valence-corrected chi connectivity index (χ1v) is 7.86. The lowest BCUT2D eigenvalue weighted by Gasteiger charge is -2.17. The third-order valence-electron chi connectivity index (χ3n) is 3.64. The predicted molar refractivity (Wildman–Crippen MR) is 95.5 cm³/mol. The van der Waals surface area contributed by atoms with Crippen molar-refractivity contribution in [3.63, 3.8) is 0 Å². The van der Waals surface area contributed by atoms with Gasteiger partial charge in [0.25, 0.3) is 0 Å². The monoisotopic (exact) mass is 320 g/mol. The molecule has 1 heterocycles. The average molecular weight is 320 g/mol. The number of oxazole rings is 1. The van der Waals surface area contributed by atoms with Gasteiger partial charge in [0, 0.05) is 22.2 Å². The van der Waals surface area contributed by atoms with Crippen molar-refractivity contribution < 1.29 is 9.21 Å². The van der Waals surface area contributed by atoms with E-state index in [0.717, 1.165) is 22.5 Å². The summed E-state index contributed by atoms with van der Waals surface area (Å²) in [6, 6.07) is 17.4. The lowest BCUT2D eigenvalue weighted by molar-refractivity contribution is -0.123. The Labute approximate surface area is 141 Å². The summed E-state index contributed by atoms with van der Waals surface area (Å²) in [5, 5.41) is 2.90. The van der Waals surface area contributed by atoms with Crippen LogP contribution in [0.2, 0.25) is 0 Å². The largest absolute Gasteiger partial charge is 0.444 e. The van der Waals surface area contributed by atoms with Gasteiger partial charge in [-0.25, -0.2) is 4.98 Å². The first-order valence-electron chi connectivity index (χ1n) is 7.86. The Hall–Kier alpha value is -2.88. The number of hydrogen-bond donors (Lipinski definition) is 1. The van der Waals surface area contributed by atoms with Gasteiger partial charge in [0.1, 0.15) is 12.0 Å². The van der Waals surface area contributed by atoms with E-state index in [1.165, 1.54) is 0 Å². The fourth-order valence-corrected chi connectivity index (χ4v) is 2.16. The third kappa shape index (κ3) is 3.54. The highest BCUT2D eigenvalue weighted by molar-refractivity contribution is 5.94. The molecule has 1 N–H and O–H groups in total. The highest BCUT2D eigenvalue weighted by Crippen LogP contribution is 2.26. The number of amides is 1. The van der Waals surface area contributed by atoms with Gasteiger partial charge < -0.3 is 9.73 Å². The van der Waals surface area contributed by atoms with E-state index < -0.39 is 5.41 Å². The van der Waals surface area contributed by atoms with Crippen molar-refractivity contribution in [1.29, 1.82) is 0 Å². The summed E-state index contributed by atoms with van der Waals surface area (Å²) >= 11 is 0. The van der Waals surface area contributed by atoms with Crippen LogP contribution in [0.3, 0.4) is 0 Å². The Balaban J connectivity index is 1.77. The molecule has 0 bridgehead atoms. The summed E-state index contributed by atoms with van der Waals surface area (Å²) in [5.41, 5.74) is 3.02. The molecule has 0 spiro atoms. The minimum absolute atomic E-state index is 0.0160. The van der Waals surface area contributed by atoms with Crippen LogP contribution in [0.1, 0.15) is 20.8 Å². The minimum Gasteiger partial charge on any atom is -0.444 e. The van der Waals surface area contributed by atoms with E-state index in [0.29, 0.717) is 5.89 Å². The van der Waals surface area contributed by atoms with Gasteiger partial charge in [0.05, 0.1) is 0 Å². The molecular weight excluding hydrogens is 300 g/mol. The molecule has 0 radical (unpaired) electrons. The number of nitrogens with zero attached hydrogens (tertiary/aromatic N) is 1. The summed E-state index contributed by atoms with van der Waals surface area (Å²) in [7, 11) is 0. The summed E-state index contributed by atoms with van der Waals surface area (Å²) in [5.74, 6) is 0.542. The number of hydrogen-bond acceptors (Lipinski definition) is 3. The molecule has 1 amide bonds. The van der Waals surface area contributed by atoms with Crippen LogP contribution in [0.15, 0.2) is 65.3 Å². The number of carbonyl (C=O) groups is 1. The maximum atomic E-state index is 12.0. The van der Waals surface area contributed by atoms with E-state index >= 15 is 0 Å². The molecule has 4 nitrogen and oxygen atoms in total. The van der Waals surface area contributed by atoms with Crippen LogP contribution in [-0.2, 0) is 4.79 Å². The standard InChI is InChI=1S/C20H20N2O2/c1-20(2,3)19(23)21-16-11-9-15(10-12-16)18-22-17(13-24-18)14-7-5-4-6-8-14/h4-13H,1-3H3,(H,21,23). The van der Waals surface area contributed by atoms with E-state index in [4.69, 9.17) is 4.42 Å². The molecule has 2 aromatic carbocycles. The van der Waals surface area contributed by atoms with Crippen molar-refractivity contribution in [2.24, 2.45) is 5.41 Å². The van der Waals surface area contributed by atoms with Crippen molar-refractivity contribution in [2.45, 2.75) is 20.8 Å². The van der Waals surface area contributed by atoms with Gasteiger partial charge in [0.15, 0.2) is 0 Å². The summed E-state index contributed by atoms with van der Waals surface area (Å²) in [4.78, 5) is 16.5. The minimum atomic E-state index is -0.425. The predicted octanol–water partition coefficient (Wildman–Crippen LogP) is 4.99. The number of benzene rings is 2. The highest BCUT2D eigenvalue weighted by atomic mass is 16.3. The smallest absolute Gasteiger partial charge is 0.229 e. The van der Waals surface area contributed by atoms with Crippen LogP contribution in [0.5, 0.6) is 0 Å². The SMILES string of the molecule is CC(C)(C)C(=O)Nc1ccc(-c2nc(-c3ccccc3)co2)cc1. The molecule has 24 heavy (non-hydrogen) atoms. The molecule has 0 aliphatic carbocycles. The van der Waals surface area contributed by atoms with E-state index in [2.05, 4.69) is 10.3 Å². The molecule has 3 rings (SSSR count). The normalized spacial score (nSPS) is 11.3. The Bertz CT molecular complexity index is 828. The zero-order chi connectivity index (χ0) is 17.2. The molecule has 0 atom stereocenters. The van der Waals surface area contributed by atoms with Gasteiger partial charge in [-0.05, 0) is 24.3 Å². The summed E-state index contributed by atoms with van der Waals surface area (Å²) in [6.07, 6.45) is 1.65. The van der Waals surface area contributed by atoms with Crippen molar-refractivity contribution >= 4 is 11.6 Å². The molecule has 4 heteroatoms. The highest BCUT2D eigenvalue weighted by Gasteiger charge is 2.21. The number of aromatic nitrogens is 1. The first-order chi connectivity index (χ1) is 11.4. The second kappa shape index (κ2) is 6.32. The molecule has 122 valence electrons. The van der Waals surface area contributed by atoms with Crippen molar-refractivity contribution in [3.8, 4) is 22.7 Å². The van der Waals surface area contributed by atoms with Gasteiger partial charge in [-0.3, -0.25) is 4.79 Å². The second-order valence-electron chi connectivity index (χ2n) is 6.69. The molecule has 0 fully saturated rings. The Morgan fingerprint density at radius 1 is 0.958 bits per heavy atom. The van der Waals surface area contributed by atoms with E-state index in [1.54, 1.807) is 6.26 Å². The Morgan fingerprint density at radius 2 is 1.62 bits per heavy atom. The van der Waals surface area contributed by atoms with E-state index in [-0.39, 0.29) is 5.91 Å². The molecule has 0 saturated carbocycles. The zero-order valence-electron chi connectivity index (χ0n) is 14.0. The van der Waals surface area contributed by atoms with Gasteiger partial charge in [-0.2, -0.15) is 0 Å². The molecular formula is C20H20N2O2. The maximum absolute atomic E-state index is 12.0. The van der Waals surface area contributed by atoms with Crippen LogP contribution in [0.25, 0.3) is 22.7 Å². The maximum Gasteiger partial charge on any atom is 0.229 e. The van der Waals surface area contributed by atoms with Gasteiger partial charge >= 0.3 is 0 Å². The van der Waals surface area contributed by atoms with Gasteiger partial charge in [-0.15, -0.1) is 0 Å². The lowest BCUT2D eigenvalue weighted by atomic mass is 9.95. The summed E-state index contributed by atoms with van der Waals surface area (Å²) < 4.78 is 5.58. The topological polar surface area (TPSA) is 55.1 Å². The number of nitrogens with one attached hydrogen (secondary N) is 1. The Kier molecular flexibility index (Phi) is 4.21. The molecule has 0 aliphatic heterocycles. The second-order valence-corrected chi connectivity index (χ2v) is 6.69. The van der Waals surface area contributed by atoms with E-state index in [9.17, 15) is 4.79 Å². The quantitative estimate of drug-likeness (QED) is 0.739. The number of anilines is 1. The molecule has 0 saturated heterocycles. The molecule has 1 aromatic heterocycles. The van der Waals surface area contributed by atoms with Crippen LogP contribution >= 0.6 is 0 Å². The lowest BCUT2D eigenvalue weighted by Crippen LogP contribution is -2.27. The molecule has 0 unspecified atom stereocenters. The van der Waals surface area contributed by atoms with Gasteiger partial charge in [-0.1, -0.05) is 51.1 Å². The van der Waals surface area contributed by atoms with Crippen molar-refractivity contribution in [2.75, 3.05) is 5.32 Å². The fourth-order valence-electron chi connectivity index (χ4n) is 2.16. The van der Waals surface area contributed by atoms with Crippen LogP contribution in [-0.4, -0.2) is 10.9 Å². The molecule has 3 aromatic rings. The van der Waals surface area contributed by atoms with E-state index in [1.807, 2.05) is 75.4 Å². The average Bonchev–Trinajstić information content (AvgIpc) is 3.05. The zero-order valence-corrected chi connectivity index (χ0v) is 14.0. The van der Waals surface area contributed by atoms with Crippen LogP contribution in [0, 0.1) is 5.41 Å². The van der Waals surface area contributed by atoms with Crippen molar-refractivity contribution in [3.05, 3.63) is 60.9 Å². The van der Waals surface area contributed by atoms with Gasteiger partial charge in [0.2, 0.25) is 11.8 Å². The Morgan fingerprint density at radius 3 is 2.25 bits per heavy atom. The van der Waals surface area contributed by atoms with Crippen LogP contribution < -0.4 is 5.32 Å². The fraction of sp³-hybridized carbons (Fsp3) is 0.200. The molecule has 0 aliphatic rings. The van der Waals surface area contributed by atoms with Crippen LogP contribution in [0.4, 0.5) is 5.69 Å². The third-order valence-corrected chi connectivity index (χ3v) is 3.64. The summed E-state index contributed by atoms with van der Waals surface area (Å²) in [6.45, 7) is 5.65. The first kappa shape index (κ1) is 16.0. The number of carbonyl (C=O) groups excluding carboxylic acids is 1.